The molecule has 1 aliphatic heterocycles. The van der Waals surface area contributed by atoms with Crippen LogP contribution in [-0.2, 0) is 0 Å². The Balaban J connectivity index is 1.54. The monoisotopic (exact) mass is 419 g/mol. The third-order valence-corrected chi connectivity index (χ3v) is 6.38. The fourth-order valence-corrected chi connectivity index (χ4v) is 4.54. The molecule has 3 atom stereocenters. The van der Waals surface area contributed by atoms with Gasteiger partial charge in [-0.15, -0.1) is 0 Å². The number of hydrogen-bond acceptors (Lipinski definition) is 5. The number of methoxy groups -OCH3 is 1. The van der Waals surface area contributed by atoms with Crippen molar-refractivity contribution in [2.24, 2.45) is 11.8 Å². The molecule has 0 spiro atoms. The molecule has 168 valence electrons. The lowest BCUT2D eigenvalue weighted by Gasteiger charge is -2.33. The molecule has 2 aliphatic rings. The summed E-state index contributed by atoms with van der Waals surface area (Å²) in [5.74, 6) is 2.03. The Morgan fingerprint density at radius 1 is 1.17 bits per heavy atom. The number of aliphatic hydroxyl groups is 1. The zero-order valence-electron chi connectivity index (χ0n) is 18.5. The molecule has 0 saturated heterocycles. The molecular weight excluding hydrogens is 382 g/mol. The summed E-state index contributed by atoms with van der Waals surface area (Å²) in [4.78, 5) is 12.9. The highest BCUT2D eigenvalue weighted by Gasteiger charge is 2.30. The molecule has 30 heavy (non-hydrogen) atoms. The van der Waals surface area contributed by atoms with E-state index in [0.29, 0.717) is 48.5 Å². The molecule has 1 amide bonds. The van der Waals surface area contributed by atoms with Crippen LogP contribution >= 0.6 is 0 Å². The minimum atomic E-state index is -0.345. The fraction of sp³-hybridized carbons (Fsp3) is 0.708. The lowest BCUT2D eigenvalue weighted by atomic mass is 9.77. The number of unbranched alkanes of at least 4 members (excludes halogenated alkanes) is 3. The van der Waals surface area contributed by atoms with Crippen molar-refractivity contribution in [1.82, 2.24) is 5.32 Å². The lowest BCUT2D eigenvalue weighted by molar-refractivity contribution is 0.0414. The van der Waals surface area contributed by atoms with Gasteiger partial charge < -0.3 is 24.6 Å². The van der Waals surface area contributed by atoms with Crippen LogP contribution in [0.25, 0.3) is 0 Å². The smallest absolute Gasteiger partial charge is 0.255 e. The Kier molecular flexibility index (Phi) is 8.67. The number of nitrogens with one attached hydrogen (secondary N) is 1. The quantitative estimate of drug-likeness (QED) is 0.583. The van der Waals surface area contributed by atoms with Crippen molar-refractivity contribution in [3.63, 3.8) is 0 Å². The maximum Gasteiger partial charge on any atom is 0.255 e. The number of fused-ring (bicyclic) bond motifs is 1. The molecule has 1 aliphatic carbocycles. The number of ether oxygens (including phenoxy) is 3. The van der Waals surface area contributed by atoms with E-state index in [9.17, 15) is 9.90 Å². The number of amides is 1. The first-order chi connectivity index (χ1) is 14.6. The summed E-state index contributed by atoms with van der Waals surface area (Å²) in [6, 6.07) is 3.45. The molecular formula is C24H37NO5. The second-order valence-corrected chi connectivity index (χ2v) is 8.59. The third-order valence-electron chi connectivity index (χ3n) is 6.38. The van der Waals surface area contributed by atoms with E-state index in [0.717, 1.165) is 25.7 Å². The Morgan fingerprint density at radius 3 is 2.70 bits per heavy atom. The largest absolute Gasteiger partial charge is 0.493 e. The van der Waals surface area contributed by atoms with Crippen molar-refractivity contribution in [1.29, 1.82) is 0 Å². The van der Waals surface area contributed by atoms with E-state index in [1.165, 1.54) is 32.1 Å². The summed E-state index contributed by atoms with van der Waals surface area (Å²) in [7, 11) is 1.57. The van der Waals surface area contributed by atoms with Gasteiger partial charge in [-0.05, 0) is 37.3 Å². The number of carbonyl (C=O) groups is 1. The standard InChI is InChI=1S/C24H37NO5/c1-3-4-5-6-8-17-9-10-18(20(26)15-17)16-25-24(27)19-11-12-21(28-2)23-22(19)29-13-7-14-30-23/h11-12,17-18,20,26H,3-10,13-16H2,1-2H3,(H,25,27). The highest BCUT2D eigenvalue weighted by atomic mass is 16.5. The summed E-state index contributed by atoms with van der Waals surface area (Å²) in [6.07, 6.45) is 9.68. The Labute approximate surface area is 180 Å². The van der Waals surface area contributed by atoms with Crippen LogP contribution in [0.3, 0.4) is 0 Å². The summed E-state index contributed by atoms with van der Waals surface area (Å²) in [5.41, 5.74) is 0.451. The maximum absolute atomic E-state index is 12.9. The Bertz CT molecular complexity index is 692. The normalized spacial score (nSPS) is 23.5. The predicted molar refractivity (Wildman–Crippen MR) is 117 cm³/mol. The molecule has 1 aromatic rings. The van der Waals surface area contributed by atoms with Gasteiger partial charge in [0.25, 0.3) is 5.91 Å². The van der Waals surface area contributed by atoms with Gasteiger partial charge in [0, 0.05) is 18.9 Å². The van der Waals surface area contributed by atoms with E-state index in [4.69, 9.17) is 14.2 Å². The van der Waals surface area contributed by atoms with Crippen LogP contribution in [-0.4, -0.2) is 44.0 Å². The SMILES string of the molecule is CCCCCCC1CCC(CNC(=O)c2ccc(OC)c3c2OCCCO3)C(O)C1. The van der Waals surface area contributed by atoms with Crippen LogP contribution < -0.4 is 19.5 Å². The van der Waals surface area contributed by atoms with Gasteiger partial charge in [0.1, 0.15) is 0 Å². The van der Waals surface area contributed by atoms with Gasteiger partial charge in [-0.2, -0.15) is 0 Å². The molecule has 1 fully saturated rings. The van der Waals surface area contributed by atoms with Gasteiger partial charge in [0.15, 0.2) is 11.5 Å². The highest BCUT2D eigenvalue weighted by molar-refractivity contribution is 5.98. The molecule has 1 aromatic carbocycles. The van der Waals surface area contributed by atoms with Crippen molar-refractivity contribution in [2.45, 2.75) is 70.8 Å². The minimum absolute atomic E-state index is 0.106. The lowest BCUT2D eigenvalue weighted by Crippen LogP contribution is -2.38. The average Bonchev–Trinajstić information content (AvgIpc) is 3.01. The first kappa shape index (κ1) is 22.7. The first-order valence-electron chi connectivity index (χ1n) is 11.6. The predicted octanol–water partition coefficient (Wildman–Crippen LogP) is 4.33. The van der Waals surface area contributed by atoms with E-state index in [1.54, 1.807) is 19.2 Å². The molecule has 1 saturated carbocycles. The Hall–Kier alpha value is -1.95. The van der Waals surface area contributed by atoms with Crippen molar-refractivity contribution in [3.8, 4) is 17.2 Å². The summed E-state index contributed by atoms with van der Waals surface area (Å²) >= 11 is 0. The van der Waals surface area contributed by atoms with E-state index in [2.05, 4.69) is 12.2 Å². The molecule has 0 bridgehead atoms. The van der Waals surface area contributed by atoms with E-state index < -0.39 is 0 Å². The average molecular weight is 420 g/mol. The first-order valence-corrected chi connectivity index (χ1v) is 11.6. The van der Waals surface area contributed by atoms with Gasteiger partial charge in [-0.1, -0.05) is 39.0 Å². The van der Waals surface area contributed by atoms with Crippen LogP contribution in [0, 0.1) is 11.8 Å². The second kappa shape index (κ2) is 11.4. The molecule has 2 N–H and O–H groups in total. The van der Waals surface area contributed by atoms with E-state index in [1.807, 2.05) is 0 Å². The minimum Gasteiger partial charge on any atom is -0.493 e. The summed E-state index contributed by atoms with van der Waals surface area (Å²) < 4.78 is 16.9. The van der Waals surface area contributed by atoms with Crippen LogP contribution in [0.1, 0.15) is 75.1 Å². The van der Waals surface area contributed by atoms with E-state index in [-0.39, 0.29) is 17.9 Å². The molecule has 0 aromatic heterocycles. The number of rotatable bonds is 9. The molecule has 6 nitrogen and oxygen atoms in total. The van der Waals surface area contributed by atoms with Crippen LogP contribution in [0.4, 0.5) is 0 Å². The molecule has 3 rings (SSSR count). The number of carbonyl (C=O) groups excluding carboxylic acids is 1. The van der Waals surface area contributed by atoms with Crippen molar-refractivity contribution >= 4 is 5.91 Å². The van der Waals surface area contributed by atoms with Crippen LogP contribution in [0.5, 0.6) is 17.2 Å². The van der Waals surface area contributed by atoms with E-state index >= 15 is 0 Å². The Morgan fingerprint density at radius 2 is 1.97 bits per heavy atom. The van der Waals surface area contributed by atoms with Gasteiger partial charge in [0.2, 0.25) is 5.75 Å². The van der Waals surface area contributed by atoms with Crippen molar-refractivity contribution in [3.05, 3.63) is 17.7 Å². The second-order valence-electron chi connectivity index (χ2n) is 8.59. The fourth-order valence-electron chi connectivity index (χ4n) is 4.54. The van der Waals surface area contributed by atoms with Gasteiger partial charge in [-0.25, -0.2) is 0 Å². The molecule has 0 radical (unpaired) electrons. The molecule has 3 unspecified atom stereocenters. The van der Waals surface area contributed by atoms with Gasteiger partial charge in [0.05, 0.1) is 32.0 Å². The van der Waals surface area contributed by atoms with Crippen molar-refractivity contribution < 1.29 is 24.1 Å². The molecule has 1 heterocycles. The highest BCUT2D eigenvalue weighted by Crippen LogP contribution is 2.41. The topological polar surface area (TPSA) is 77.0 Å². The van der Waals surface area contributed by atoms with Gasteiger partial charge >= 0.3 is 0 Å². The molecule has 6 heteroatoms. The van der Waals surface area contributed by atoms with Crippen molar-refractivity contribution in [2.75, 3.05) is 26.9 Å². The number of hydrogen-bond donors (Lipinski definition) is 2. The maximum atomic E-state index is 12.9. The summed E-state index contributed by atoms with van der Waals surface area (Å²) in [6.45, 7) is 3.74. The van der Waals surface area contributed by atoms with Crippen LogP contribution in [0.2, 0.25) is 0 Å². The third kappa shape index (κ3) is 5.81. The van der Waals surface area contributed by atoms with Gasteiger partial charge in [-0.3, -0.25) is 4.79 Å². The number of aliphatic hydroxyl groups excluding tert-OH is 1. The summed E-state index contributed by atoms with van der Waals surface area (Å²) in [5, 5.41) is 13.6. The zero-order chi connectivity index (χ0) is 21.3. The number of benzene rings is 1. The zero-order valence-corrected chi connectivity index (χ0v) is 18.5. The van der Waals surface area contributed by atoms with Crippen LogP contribution in [0.15, 0.2) is 12.1 Å².